The molecule has 0 radical (unpaired) electrons. The smallest absolute Gasteiger partial charge is 0.335 e. The van der Waals surface area contributed by atoms with E-state index in [0.717, 1.165) is 37.7 Å². The summed E-state index contributed by atoms with van der Waals surface area (Å²) in [6, 6.07) is 0. The van der Waals surface area contributed by atoms with Crippen molar-refractivity contribution >= 4 is 23.7 Å². The van der Waals surface area contributed by atoms with Crippen molar-refractivity contribution in [2.45, 2.75) is 174 Å². The molecule has 0 amide bonds. The molecule has 18 heteroatoms. The lowest BCUT2D eigenvalue weighted by atomic mass is 9.33. The zero-order chi connectivity index (χ0) is 42.9. The lowest BCUT2D eigenvalue weighted by molar-refractivity contribution is -0.371. The first kappa shape index (κ1) is 48.4. The summed E-state index contributed by atoms with van der Waals surface area (Å²) in [5.41, 5.74) is -1.81. The number of ether oxygens (including phenoxy) is 4. The predicted molar refractivity (Wildman–Crippen MR) is 209 cm³/mol. The fourth-order valence-corrected chi connectivity index (χ4v) is 13.4. The molecule has 14 N–H and O–H groups in total. The number of allylic oxidation sites excluding steroid dienone is 2. The predicted octanol–water partition coefficient (Wildman–Crippen LogP) is 2.57. The number of hydrogen-bond acceptors (Lipinski definition) is 15. The molecule has 5 aliphatic carbocycles. The third-order valence-corrected chi connectivity index (χ3v) is 17.2. The standard InChI is InChI=1S/C42H62O16.2H3N/c1-37(2)21-8-11-42(7)31(20(43)16-18-19-17-39(4,36(53)54)13-12-38(19,3)14-15-41(18,42)6)40(21,5)10-9-22(37)55-35-30(26(47)25(46)29(57-35)33(51)52)58-34-27(48)23(44)24(45)28(56-34)32(49)50;;/h16,19,21-31,34-35,44-48H,8-15,17H2,1-7H3,(H,49,50)(H,51,52)(H,53,54);2*1H3/t19-,21-,22?,23?,24?,25?,26?,27?,28?,29?,30?,31-,34+,35+,38-,39+,40+,41-,42?;;/m1../s1. The maximum Gasteiger partial charge on any atom is 0.335 e. The number of aliphatic hydroxyl groups excluding tert-OH is 5. The van der Waals surface area contributed by atoms with Gasteiger partial charge in [-0.2, -0.15) is 0 Å². The normalized spacial score (nSPS) is 50.8. The Morgan fingerprint density at radius 2 is 1.25 bits per heavy atom. The molecular weight excluding hydrogens is 788 g/mol. The van der Waals surface area contributed by atoms with Gasteiger partial charge < -0.3 is 72.1 Å². The van der Waals surface area contributed by atoms with E-state index in [1.165, 1.54) is 0 Å². The highest BCUT2D eigenvalue weighted by atomic mass is 16.8. The van der Waals surface area contributed by atoms with Gasteiger partial charge in [-0.25, -0.2) is 9.59 Å². The summed E-state index contributed by atoms with van der Waals surface area (Å²) in [5, 5.41) is 83.0. The molecule has 4 saturated carbocycles. The summed E-state index contributed by atoms with van der Waals surface area (Å²) in [6.45, 7) is 14.8. The Morgan fingerprint density at radius 3 is 1.83 bits per heavy atom. The minimum absolute atomic E-state index is 0. The molecule has 60 heavy (non-hydrogen) atoms. The fourth-order valence-electron chi connectivity index (χ4n) is 13.4. The van der Waals surface area contributed by atoms with Gasteiger partial charge in [0.05, 0.1) is 11.5 Å². The van der Waals surface area contributed by atoms with Crippen LogP contribution in [0.4, 0.5) is 0 Å². The lowest BCUT2D eigenvalue weighted by Crippen LogP contribution is -2.68. The number of carbonyl (C=O) groups is 4. The molecule has 2 aliphatic heterocycles. The Bertz CT molecular complexity index is 1740. The zero-order valence-electron chi connectivity index (χ0n) is 35.8. The van der Waals surface area contributed by atoms with E-state index in [9.17, 15) is 60.0 Å². The minimum atomic E-state index is -2.05. The van der Waals surface area contributed by atoms with Gasteiger partial charge in [0.25, 0.3) is 0 Å². The molecule has 7 aliphatic rings. The first-order chi connectivity index (χ1) is 26.8. The van der Waals surface area contributed by atoms with Crippen LogP contribution >= 0.6 is 0 Å². The molecule has 10 unspecified atom stereocenters. The molecule has 0 bridgehead atoms. The maximum absolute atomic E-state index is 14.8. The number of fused-ring (bicyclic) bond motifs is 7. The van der Waals surface area contributed by atoms with Gasteiger partial charge in [0.2, 0.25) is 0 Å². The Morgan fingerprint density at radius 1 is 0.683 bits per heavy atom. The van der Waals surface area contributed by atoms with Crippen molar-refractivity contribution < 1.29 is 79.0 Å². The largest absolute Gasteiger partial charge is 0.481 e. The third kappa shape index (κ3) is 6.96. The minimum Gasteiger partial charge on any atom is -0.481 e. The first-order valence-corrected chi connectivity index (χ1v) is 20.7. The van der Waals surface area contributed by atoms with E-state index in [0.29, 0.717) is 25.7 Å². The van der Waals surface area contributed by atoms with E-state index >= 15 is 0 Å². The van der Waals surface area contributed by atoms with Crippen molar-refractivity contribution in [3.05, 3.63) is 11.6 Å². The second kappa shape index (κ2) is 15.9. The highest BCUT2D eigenvalue weighted by Crippen LogP contribution is 2.75. The fraction of sp³-hybridized carbons (Fsp3) is 0.857. The van der Waals surface area contributed by atoms with Crippen molar-refractivity contribution in [2.24, 2.45) is 50.2 Å². The van der Waals surface area contributed by atoms with Gasteiger partial charge in [-0.05, 0) is 110 Å². The SMILES string of the molecule is CC1(C)C(O[C@H]2OC(C(=O)O)C(O)C(O)C2O[C@@H]2OC(C(=O)O)C(O)C(O)C2O)CC[C@@]2(C)[C@@H]1CCC1(C)[C@@H]2C(=O)C=C2[C@H]3C[C@@](C)(C(=O)O)CC[C@]3(C)CC[C@]21C.N.N. The number of carboxylic acid groups (broad SMARTS) is 3. The van der Waals surface area contributed by atoms with Crippen molar-refractivity contribution in [1.29, 1.82) is 0 Å². The van der Waals surface area contributed by atoms with Crippen LogP contribution in [0.25, 0.3) is 0 Å². The van der Waals surface area contributed by atoms with Crippen molar-refractivity contribution in [1.82, 2.24) is 12.3 Å². The van der Waals surface area contributed by atoms with Crippen LogP contribution < -0.4 is 12.3 Å². The molecule has 0 aromatic carbocycles. The summed E-state index contributed by atoms with van der Waals surface area (Å²) < 4.78 is 23.4. The lowest BCUT2D eigenvalue weighted by Gasteiger charge is -2.70. The molecule has 0 aromatic rings. The molecule has 342 valence electrons. The van der Waals surface area contributed by atoms with Crippen LogP contribution in [0.5, 0.6) is 0 Å². The Labute approximate surface area is 350 Å². The molecule has 6 fully saturated rings. The molecular formula is C42H68N2O16. The molecule has 2 heterocycles. The molecule has 0 spiro atoms. The van der Waals surface area contributed by atoms with Crippen LogP contribution in [-0.4, -0.2) is 132 Å². The van der Waals surface area contributed by atoms with Crippen molar-refractivity contribution in [3.63, 3.8) is 0 Å². The van der Waals surface area contributed by atoms with Gasteiger partial charge >= 0.3 is 17.9 Å². The van der Waals surface area contributed by atoms with E-state index in [1.54, 1.807) is 0 Å². The van der Waals surface area contributed by atoms with Crippen LogP contribution in [0.3, 0.4) is 0 Å². The Hall–Kier alpha value is -2.62. The van der Waals surface area contributed by atoms with Crippen LogP contribution in [-0.2, 0) is 38.1 Å². The number of carbonyl (C=O) groups excluding carboxylic acids is 1. The first-order valence-electron chi connectivity index (χ1n) is 20.7. The summed E-state index contributed by atoms with van der Waals surface area (Å²) in [5.74, 6) is -4.47. The maximum atomic E-state index is 14.8. The molecule has 18 nitrogen and oxygen atoms in total. The molecule has 0 aromatic heterocycles. The van der Waals surface area contributed by atoms with Gasteiger partial charge in [0, 0.05) is 5.92 Å². The quantitative estimate of drug-likeness (QED) is 0.164. The van der Waals surface area contributed by atoms with Gasteiger partial charge in [0.1, 0.15) is 36.6 Å². The second-order valence-corrected chi connectivity index (χ2v) is 20.6. The second-order valence-electron chi connectivity index (χ2n) is 20.6. The van der Waals surface area contributed by atoms with Crippen LogP contribution in [0, 0.1) is 50.2 Å². The van der Waals surface area contributed by atoms with E-state index in [1.807, 2.05) is 26.8 Å². The van der Waals surface area contributed by atoms with Gasteiger partial charge in [-0.3, -0.25) is 9.59 Å². The Kier molecular flexibility index (Phi) is 12.8. The van der Waals surface area contributed by atoms with Crippen LogP contribution in [0.2, 0.25) is 0 Å². The number of aliphatic hydroxyl groups is 5. The van der Waals surface area contributed by atoms with E-state index in [-0.39, 0.29) is 46.7 Å². The highest BCUT2D eigenvalue weighted by Gasteiger charge is 2.71. The van der Waals surface area contributed by atoms with Gasteiger partial charge in [0.15, 0.2) is 30.6 Å². The number of hydrogen-bond donors (Lipinski definition) is 10. The summed E-state index contributed by atoms with van der Waals surface area (Å²) in [4.78, 5) is 51.3. The van der Waals surface area contributed by atoms with Crippen LogP contribution in [0.15, 0.2) is 11.6 Å². The number of ketones is 1. The van der Waals surface area contributed by atoms with E-state index in [4.69, 9.17) is 18.9 Å². The average molecular weight is 857 g/mol. The molecule has 19 atom stereocenters. The van der Waals surface area contributed by atoms with Gasteiger partial charge in [-0.15, -0.1) is 0 Å². The summed E-state index contributed by atoms with van der Waals surface area (Å²) in [6.07, 6.45) is -12.2. The van der Waals surface area contributed by atoms with E-state index < -0.39 is 107 Å². The molecule has 2 saturated heterocycles. The van der Waals surface area contributed by atoms with Crippen molar-refractivity contribution in [2.75, 3.05) is 0 Å². The van der Waals surface area contributed by atoms with Crippen molar-refractivity contribution in [3.8, 4) is 0 Å². The Balaban J connectivity index is 0.00000341. The van der Waals surface area contributed by atoms with Gasteiger partial charge in [-0.1, -0.05) is 47.1 Å². The molecule has 7 rings (SSSR count). The average Bonchev–Trinajstić information content (AvgIpc) is 3.13. The number of rotatable bonds is 7. The highest BCUT2D eigenvalue weighted by molar-refractivity contribution is 5.95. The summed E-state index contributed by atoms with van der Waals surface area (Å²) in [7, 11) is 0. The number of aliphatic carboxylic acids is 3. The monoisotopic (exact) mass is 856 g/mol. The third-order valence-electron chi connectivity index (χ3n) is 17.2. The van der Waals surface area contributed by atoms with E-state index in [2.05, 4.69) is 27.7 Å². The van der Waals surface area contributed by atoms with Crippen LogP contribution in [0.1, 0.15) is 106 Å². The number of carboxylic acids is 3. The topological polar surface area (TPSA) is 337 Å². The zero-order valence-corrected chi connectivity index (χ0v) is 35.8. The summed E-state index contributed by atoms with van der Waals surface area (Å²) >= 11 is 0.